The predicted octanol–water partition coefficient (Wildman–Crippen LogP) is 3.51. The van der Waals surface area contributed by atoms with Crippen molar-refractivity contribution in [3.05, 3.63) is 75.7 Å². The molecule has 7 nitrogen and oxygen atoms in total. The molecule has 0 spiro atoms. The number of pyridine rings is 1. The first-order valence-corrected chi connectivity index (χ1v) is 10.3. The van der Waals surface area contributed by atoms with Gasteiger partial charge in [0.2, 0.25) is 17.5 Å². The van der Waals surface area contributed by atoms with E-state index in [-0.39, 0.29) is 17.2 Å². The Bertz CT molecular complexity index is 1250. The lowest BCUT2D eigenvalue weighted by Gasteiger charge is -2.42. The smallest absolute Gasteiger partial charge is 0.250 e. The third-order valence-corrected chi connectivity index (χ3v) is 6.01. The van der Waals surface area contributed by atoms with Crippen molar-refractivity contribution in [2.24, 2.45) is 5.92 Å². The fourth-order valence-corrected chi connectivity index (χ4v) is 4.66. The average molecular weight is 414 g/mol. The molecule has 2 aliphatic heterocycles. The molecule has 0 unspecified atom stereocenters. The lowest BCUT2D eigenvalue weighted by atomic mass is 9.83. The Kier molecular flexibility index (Phi) is 4.83. The van der Waals surface area contributed by atoms with E-state index in [4.69, 9.17) is 9.15 Å². The van der Waals surface area contributed by atoms with Gasteiger partial charge in [-0.05, 0) is 42.2 Å². The summed E-state index contributed by atoms with van der Waals surface area (Å²) < 4.78 is 13.2. The maximum atomic E-state index is 12.2. The molecule has 0 amide bonds. The van der Waals surface area contributed by atoms with Crippen LogP contribution in [-0.4, -0.2) is 29.8 Å². The third kappa shape index (κ3) is 3.61. The summed E-state index contributed by atoms with van der Waals surface area (Å²) in [5.41, 5.74) is 2.36. The van der Waals surface area contributed by atoms with Gasteiger partial charge >= 0.3 is 0 Å². The van der Waals surface area contributed by atoms with E-state index in [0.717, 1.165) is 30.0 Å². The number of nitrogens with zero attached hydrogens (tertiary/aromatic N) is 4. The topological polar surface area (TPSA) is 84.3 Å². The summed E-state index contributed by atoms with van der Waals surface area (Å²) in [7, 11) is 1.63. The van der Waals surface area contributed by atoms with Gasteiger partial charge in [0.25, 0.3) is 5.56 Å². The van der Waals surface area contributed by atoms with Gasteiger partial charge in [-0.3, -0.25) is 4.79 Å². The summed E-state index contributed by atoms with van der Waals surface area (Å²) in [4.78, 5) is 18.7. The first kappa shape index (κ1) is 19.2. The molecule has 156 valence electrons. The number of aromatic nitrogens is 2. The standard InChI is InChI=1S/C24H22N4O3/c1-30-19-5-2-4-16(11-19)8-9-22-26-20(12-25)24(31-22)27-13-17-10-18(15-27)21-6-3-7-23(29)28(21)14-17/h2-9,11,17-18H,10,13-15H2,1H3/t17-,18-/m0/s1. The van der Waals surface area contributed by atoms with Crippen LogP contribution in [0.15, 0.2) is 51.7 Å². The van der Waals surface area contributed by atoms with Crippen molar-refractivity contribution >= 4 is 18.0 Å². The summed E-state index contributed by atoms with van der Waals surface area (Å²) in [5, 5.41) is 9.63. The average Bonchev–Trinajstić information content (AvgIpc) is 3.22. The van der Waals surface area contributed by atoms with E-state index in [1.165, 1.54) is 0 Å². The lowest BCUT2D eigenvalue weighted by Crippen LogP contribution is -2.47. The zero-order valence-electron chi connectivity index (χ0n) is 17.2. The number of methoxy groups -OCH3 is 1. The first-order valence-electron chi connectivity index (χ1n) is 10.3. The van der Waals surface area contributed by atoms with Gasteiger partial charge in [-0.2, -0.15) is 10.2 Å². The van der Waals surface area contributed by atoms with E-state index in [1.807, 2.05) is 47.0 Å². The minimum Gasteiger partial charge on any atom is -0.497 e. The van der Waals surface area contributed by atoms with Gasteiger partial charge in [-0.15, -0.1) is 0 Å². The molecule has 1 saturated heterocycles. The highest BCUT2D eigenvalue weighted by Gasteiger charge is 2.36. The molecule has 2 bridgehead atoms. The van der Waals surface area contributed by atoms with Crippen molar-refractivity contribution in [2.75, 3.05) is 25.1 Å². The predicted molar refractivity (Wildman–Crippen MR) is 117 cm³/mol. The van der Waals surface area contributed by atoms with Crippen LogP contribution in [0.1, 0.15) is 35.2 Å². The number of hydrogen-bond donors (Lipinski definition) is 0. The normalized spacial score (nSPS) is 19.8. The van der Waals surface area contributed by atoms with Crippen LogP contribution in [0.5, 0.6) is 5.75 Å². The number of rotatable bonds is 4. The molecular weight excluding hydrogens is 392 g/mol. The van der Waals surface area contributed by atoms with E-state index >= 15 is 0 Å². The van der Waals surface area contributed by atoms with Crippen molar-refractivity contribution in [3.63, 3.8) is 0 Å². The molecule has 5 rings (SSSR count). The van der Waals surface area contributed by atoms with Crippen molar-refractivity contribution in [3.8, 4) is 11.8 Å². The summed E-state index contributed by atoms with van der Waals surface area (Å²) in [6, 6.07) is 15.3. The van der Waals surface area contributed by atoms with E-state index in [1.54, 1.807) is 19.3 Å². The summed E-state index contributed by atoms with van der Waals surface area (Å²) in [6.07, 6.45) is 4.68. The number of oxazole rings is 1. The van der Waals surface area contributed by atoms with Crippen LogP contribution in [0.2, 0.25) is 0 Å². The van der Waals surface area contributed by atoms with Crippen LogP contribution < -0.4 is 15.2 Å². The monoisotopic (exact) mass is 414 g/mol. The highest BCUT2D eigenvalue weighted by Crippen LogP contribution is 2.38. The molecule has 7 heteroatoms. The number of piperidine rings is 1. The fraction of sp³-hybridized carbons (Fsp3) is 0.292. The number of ether oxygens (including phenoxy) is 1. The zero-order valence-corrected chi connectivity index (χ0v) is 17.2. The number of fused-ring (bicyclic) bond motifs is 4. The number of benzene rings is 1. The van der Waals surface area contributed by atoms with E-state index in [0.29, 0.717) is 30.8 Å². The Hall–Kier alpha value is -3.79. The molecular formula is C24H22N4O3. The molecule has 1 aromatic carbocycles. The minimum absolute atomic E-state index is 0.0583. The van der Waals surface area contributed by atoms with Crippen molar-refractivity contribution < 1.29 is 9.15 Å². The van der Waals surface area contributed by atoms with Gasteiger partial charge in [0.15, 0.2) is 0 Å². The minimum atomic E-state index is 0.0583. The van der Waals surface area contributed by atoms with Crippen molar-refractivity contribution in [1.29, 1.82) is 5.26 Å². The van der Waals surface area contributed by atoms with Crippen LogP contribution in [0, 0.1) is 17.2 Å². The van der Waals surface area contributed by atoms with Gasteiger partial charge in [-0.1, -0.05) is 18.2 Å². The number of hydrogen-bond acceptors (Lipinski definition) is 6. The Morgan fingerprint density at radius 3 is 2.90 bits per heavy atom. The SMILES string of the molecule is COc1cccc(C=Cc2nc(C#N)c(N3C[C@@H]4C[C@@H](C3)c3cccc(=O)n3C4)o2)c1. The van der Waals surface area contributed by atoms with Crippen molar-refractivity contribution in [1.82, 2.24) is 9.55 Å². The Balaban J connectivity index is 1.41. The second kappa shape index (κ2) is 7.80. The van der Waals surface area contributed by atoms with Crippen molar-refractivity contribution in [2.45, 2.75) is 18.9 Å². The Morgan fingerprint density at radius 1 is 1.19 bits per heavy atom. The first-order chi connectivity index (χ1) is 15.1. The van der Waals surface area contributed by atoms with Crippen LogP contribution in [-0.2, 0) is 6.54 Å². The van der Waals surface area contributed by atoms with Crippen LogP contribution in [0.25, 0.3) is 12.2 Å². The lowest BCUT2D eigenvalue weighted by molar-refractivity contribution is 0.275. The maximum absolute atomic E-state index is 12.2. The molecule has 0 radical (unpaired) electrons. The number of nitriles is 1. The zero-order chi connectivity index (χ0) is 21.4. The molecule has 2 atom stereocenters. The van der Waals surface area contributed by atoms with Gasteiger partial charge in [-0.25, -0.2) is 0 Å². The number of anilines is 1. The molecule has 0 saturated carbocycles. The molecule has 0 N–H and O–H groups in total. The molecule has 0 aliphatic carbocycles. The van der Waals surface area contributed by atoms with Gasteiger partial charge in [0.1, 0.15) is 11.8 Å². The maximum Gasteiger partial charge on any atom is 0.250 e. The quantitative estimate of drug-likeness (QED) is 0.650. The largest absolute Gasteiger partial charge is 0.497 e. The van der Waals surface area contributed by atoms with Crippen LogP contribution in [0.3, 0.4) is 0 Å². The van der Waals surface area contributed by atoms with E-state index in [2.05, 4.69) is 16.0 Å². The summed E-state index contributed by atoms with van der Waals surface area (Å²) >= 11 is 0. The van der Waals surface area contributed by atoms with Crippen LogP contribution >= 0.6 is 0 Å². The molecule has 1 fully saturated rings. The summed E-state index contributed by atoms with van der Waals surface area (Å²) in [5.74, 6) is 2.23. The van der Waals surface area contributed by atoms with E-state index in [9.17, 15) is 10.1 Å². The fourth-order valence-electron chi connectivity index (χ4n) is 4.66. The molecule has 4 heterocycles. The highest BCUT2D eigenvalue weighted by atomic mass is 16.5. The van der Waals surface area contributed by atoms with Gasteiger partial charge in [0.05, 0.1) is 7.11 Å². The highest BCUT2D eigenvalue weighted by molar-refractivity contribution is 5.68. The molecule has 2 aliphatic rings. The second-order valence-electron chi connectivity index (χ2n) is 8.03. The van der Waals surface area contributed by atoms with Gasteiger partial charge in [0, 0.05) is 43.4 Å². The Morgan fingerprint density at radius 2 is 2.06 bits per heavy atom. The van der Waals surface area contributed by atoms with Gasteiger partial charge < -0.3 is 18.6 Å². The molecule has 31 heavy (non-hydrogen) atoms. The Labute approximate surface area is 179 Å². The second-order valence-corrected chi connectivity index (χ2v) is 8.03. The van der Waals surface area contributed by atoms with E-state index < -0.39 is 0 Å². The third-order valence-electron chi connectivity index (χ3n) is 6.01. The summed E-state index contributed by atoms with van der Waals surface area (Å²) in [6.45, 7) is 2.13. The molecule has 3 aromatic rings. The molecule has 2 aromatic heterocycles. The van der Waals surface area contributed by atoms with Crippen LogP contribution in [0.4, 0.5) is 5.88 Å².